The summed E-state index contributed by atoms with van der Waals surface area (Å²) in [4.78, 5) is 10.6. The predicted molar refractivity (Wildman–Crippen MR) is 46.0 cm³/mol. The molecule has 1 N–H and O–H groups in total. The van der Waals surface area contributed by atoms with E-state index in [1.807, 2.05) is 0 Å². The number of rotatable bonds is 5. The van der Waals surface area contributed by atoms with Crippen LogP contribution >= 0.6 is 11.6 Å². The second-order valence-electron chi connectivity index (χ2n) is 3.34. The molecule has 0 atom stereocenters. The molecule has 0 aromatic carbocycles. The van der Waals surface area contributed by atoms with E-state index in [0.717, 1.165) is 12.8 Å². The molecule has 0 unspecified atom stereocenters. The molecule has 0 aromatic rings. The number of halogens is 1. The maximum absolute atomic E-state index is 10.6. The van der Waals surface area contributed by atoms with Crippen molar-refractivity contribution in [2.24, 2.45) is 5.41 Å². The van der Waals surface area contributed by atoms with Gasteiger partial charge in [-0.05, 0) is 26.7 Å². The van der Waals surface area contributed by atoms with Crippen LogP contribution in [-0.4, -0.2) is 17.0 Å². The van der Waals surface area contributed by atoms with E-state index < -0.39 is 11.4 Å². The summed E-state index contributed by atoms with van der Waals surface area (Å²) in [6.45, 7) is 3.48. The average Bonchev–Trinajstić information content (AvgIpc) is 1.88. The van der Waals surface area contributed by atoms with Crippen LogP contribution in [0, 0.1) is 5.41 Å². The largest absolute Gasteiger partial charge is 0.481 e. The van der Waals surface area contributed by atoms with Gasteiger partial charge >= 0.3 is 5.97 Å². The molecule has 11 heavy (non-hydrogen) atoms. The van der Waals surface area contributed by atoms with E-state index in [1.165, 1.54) is 0 Å². The summed E-state index contributed by atoms with van der Waals surface area (Å²) in [5.41, 5.74) is -0.591. The van der Waals surface area contributed by atoms with Gasteiger partial charge in [-0.25, -0.2) is 0 Å². The maximum Gasteiger partial charge on any atom is 0.309 e. The molecule has 0 aliphatic rings. The number of unbranched alkanes of at least 4 members (excludes halogenated alkanes) is 1. The van der Waals surface area contributed by atoms with Gasteiger partial charge in [0, 0.05) is 5.88 Å². The van der Waals surface area contributed by atoms with Crippen molar-refractivity contribution < 1.29 is 9.90 Å². The van der Waals surface area contributed by atoms with Crippen LogP contribution in [0.1, 0.15) is 33.1 Å². The Kier molecular flexibility index (Phi) is 4.50. The zero-order valence-electron chi connectivity index (χ0n) is 7.06. The summed E-state index contributed by atoms with van der Waals surface area (Å²) in [6.07, 6.45) is 2.50. The summed E-state index contributed by atoms with van der Waals surface area (Å²) in [6, 6.07) is 0. The highest BCUT2D eigenvalue weighted by atomic mass is 35.5. The number of carboxylic acids is 1. The summed E-state index contributed by atoms with van der Waals surface area (Å²) < 4.78 is 0. The average molecular weight is 179 g/mol. The van der Waals surface area contributed by atoms with Crippen LogP contribution in [0.5, 0.6) is 0 Å². The first-order valence-corrected chi connectivity index (χ1v) is 4.33. The molecule has 0 saturated heterocycles. The fraction of sp³-hybridized carbons (Fsp3) is 0.875. The second-order valence-corrected chi connectivity index (χ2v) is 3.71. The minimum absolute atomic E-state index is 0.591. The Labute approximate surface area is 72.6 Å². The fourth-order valence-corrected chi connectivity index (χ4v) is 0.957. The lowest BCUT2D eigenvalue weighted by Crippen LogP contribution is -2.23. The number of aliphatic carboxylic acids is 1. The second kappa shape index (κ2) is 4.60. The molecule has 0 aliphatic carbocycles. The van der Waals surface area contributed by atoms with E-state index >= 15 is 0 Å². The van der Waals surface area contributed by atoms with Crippen molar-refractivity contribution in [2.75, 3.05) is 5.88 Å². The van der Waals surface area contributed by atoms with Crippen LogP contribution < -0.4 is 0 Å². The Hall–Kier alpha value is -0.240. The molecule has 0 saturated carbocycles. The van der Waals surface area contributed by atoms with Crippen LogP contribution in [0.25, 0.3) is 0 Å². The quantitative estimate of drug-likeness (QED) is 0.519. The van der Waals surface area contributed by atoms with Crippen molar-refractivity contribution in [3.05, 3.63) is 0 Å². The smallest absolute Gasteiger partial charge is 0.309 e. The molecule has 0 radical (unpaired) electrons. The highest BCUT2D eigenvalue weighted by Crippen LogP contribution is 2.23. The van der Waals surface area contributed by atoms with Gasteiger partial charge in [0.2, 0.25) is 0 Å². The molecule has 66 valence electrons. The standard InChI is InChI=1S/C8H15ClO2/c1-8(2,7(10)11)5-3-4-6-9/h3-6H2,1-2H3,(H,10,11). The van der Waals surface area contributed by atoms with E-state index in [0.29, 0.717) is 12.3 Å². The Bertz CT molecular complexity index is 132. The fourth-order valence-electron chi connectivity index (χ4n) is 0.768. The Morgan fingerprint density at radius 3 is 2.36 bits per heavy atom. The van der Waals surface area contributed by atoms with Gasteiger partial charge in [0.1, 0.15) is 0 Å². The van der Waals surface area contributed by atoms with Crippen LogP contribution in [0.15, 0.2) is 0 Å². The summed E-state index contributed by atoms with van der Waals surface area (Å²) in [7, 11) is 0. The number of hydrogen-bond donors (Lipinski definition) is 1. The first-order chi connectivity index (χ1) is 5.00. The van der Waals surface area contributed by atoms with Crippen molar-refractivity contribution in [2.45, 2.75) is 33.1 Å². The minimum atomic E-state index is -0.730. The molecule has 0 aromatic heterocycles. The van der Waals surface area contributed by atoms with E-state index in [1.54, 1.807) is 13.8 Å². The first kappa shape index (κ1) is 10.8. The van der Waals surface area contributed by atoms with E-state index in [2.05, 4.69) is 0 Å². The minimum Gasteiger partial charge on any atom is -0.481 e. The third kappa shape index (κ3) is 4.25. The lowest BCUT2D eigenvalue weighted by Gasteiger charge is -2.17. The van der Waals surface area contributed by atoms with Gasteiger partial charge in [0.25, 0.3) is 0 Å². The molecular formula is C8H15ClO2. The highest BCUT2D eigenvalue weighted by Gasteiger charge is 2.25. The van der Waals surface area contributed by atoms with E-state index in [9.17, 15) is 4.79 Å². The molecule has 0 amide bonds. The van der Waals surface area contributed by atoms with Crippen molar-refractivity contribution >= 4 is 17.6 Å². The topological polar surface area (TPSA) is 37.3 Å². The maximum atomic E-state index is 10.6. The van der Waals surface area contributed by atoms with Crippen LogP contribution in [0.2, 0.25) is 0 Å². The third-order valence-electron chi connectivity index (χ3n) is 1.76. The van der Waals surface area contributed by atoms with Crippen LogP contribution in [0.3, 0.4) is 0 Å². The molecular weight excluding hydrogens is 164 g/mol. The van der Waals surface area contributed by atoms with E-state index in [-0.39, 0.29) is 0 Å². The molecule has 0 bridgehead atoms. The molecule has 0 aliphatic heterocycles. The third-order valence-corrected chi connectivity index (χ3v) is 2.03. The SMILES string of the molecule is CC(C)(CCCCCl)C(=O)O. The summed E-state index contributed by atoms with van der Waals surface area (Å²) >= 11 is 5.46. The van der Waals surface area contributed by atoms with Gasteiger partial charge in [-0.1, -0.05) is 6.42 Å². The Morgan fingerprint density at radius 2 is 2.00 bits per heavy atom. The zero-order valence-corrected chi connectivity index (χ0v) is 7.82. The van der Waals surface area contributed by atoms with Crippen molar-refractivity contribution in [3.63, 3.8) is 0 Å². The van der Waals surface area contributed by atoms with Crippen LogP contribution in [-0.2, 0) is 4.79 Å². The van der Waals surface area contributed by atoms with Crippen molar-refractivity contribution in [1.82, 2.24) is 0 Å². The molecule has 0 rings (SSSR count). The summed E-state index contributed by atoms with van der Waals surface area (Å²) in [5, 5.41) is 8.71. The Morgan fingerprint density at radius 1 is 1.45 bits per heavy atom. The lowest BCUT2D eigenvalue weighted by atomic mass is 9.88. The first-order valence-electron chi connectivity index (χ1n) is 3.80. The van der Waals surface area contributed by atoms with E-state index in [4.69, 9.17) is 16.7 Å². The van der Waals surface area contributed by atoms with Crippen molar-refractivity contribution in [1.29, 1.82) is 0 Å². The van der Waals surface area contributed by atoms with Crippen molar-refractivity contribution in [3.8, 4) is 0 Å². The van der Waals surface area contributed by atoms with Gasteiger partial charge in [-0.3, -0.25) is 4.79 Å². The molecule has 0 fully saturated rings. The van der Waals surface area contributed by atoms with Gasteiger partial charge in [0.15, 0.2) is 0 Å². The highest BCUT2D eigenvalue weighted by molar-refractivity contribution is 6.17. The molecule has 3 heteroatoms. The number of hydrogen-bond acceptors (Lipinski definition) is 1. The predicted octanol–water partition coefficient (Wildman–Crippen LogP) is 2.51. The Balaban J connectivity index is 3.64. The summed E-state index contributed by atoms with van der Waals surface area (Å²) in [5.74, 6) is -0.109. The van der Waals surface area contributed by atoms with Gasteiger partial charge in [-0.2, -0.15) is 0 Å². The molecule has 0 heterocycles. The molecule has 0 spiro atoms. The van der Waals surface area contributed by atoms with Gasteiger partial charge in [0.05, 0.1) is 5.41 Å². The van der Waals surface area contributed by atoms with Gasteiger partial charge < -0.3 is 5.11 Å². The number of carbonyl (C=O) groups is 1. The number of alkyl halides is 1. The zero-order chi connectivity index (χ0) is 8.91. The van der Waals surface area contributed by atoms with Crippen LogP contribution in [0.4, 0.5) is 0 Å². The van der Waals surface area contributed by atoms with Gasteiger partial charge in [-0.15, -0.1) is 11.6 Å². The normalized spacial score (nSPS) is 11.5. The molecule has 2 nitrogen and oxygen atoms in total. The monoisotopic (exact) mass is 178 g/mol. The number of carboxylic acid groups (broad SMARTS) is 1. The lowest BCUT2D eigenvalue weighted by molar-refractivity contribution is -0.147.